The first-order valence-electron chi connectivity index (χ1n) is 9.21. The van der Waals surface area contributed by atoms with E-state index in [0.29, 0.717) is 18.7 Å². The van der Waals surface area contributed by atoms with Crippen molar-refractivity contribution in [3.8, 4) is 0 Å². The van der Waals surface area contributed by atoms with Gasteiger partial charge < -0.3 is 10.1 Å². The smallest absolute Gasteiger partial charge is 0.263 e. The average molecular weight is 479 g/mol. The van der Waals surface area contributed by atoms with E-state index in [1.54, 1.807) is 25.3 Å². The quantitative estimate of drug-likeness (QED) is 0.483. The van der Waals surface area contributed by atoms with Gasteiger partial charge in [0.25, 0.3) is 15.9 Å². The van der Waals surface area contributed by atoms with Crippen molar-refractivity contribution in [2.75, 3.05) is 11.8 Å². The number of methoxy groups -OCH3 is 1. The lowest BCUT2D eigenvalue weighted by Gasteiger charge is -2.11. The van der Waals surface area contributed by atoms with Crippen LogP contribution < -0.4 is 10.0 Å². The van der Waals surface area contributed by atoms with Crippen molar-refractivity contribution in [1.29, 1.82) is 0 Å². The third kappa shape index (κ3) is 6.21. The Balaban J connectivity index is 1.71. The van der Waals surface area contributed by atoms with Crippen molar-refractivity contribution < 1.29 is 17.9 Å². The van der Waals surface area contributed by atoms with Crippen LogP contribution in [-0.2, 0) is 27.9 Å². The lowest BCUT2D eigenvalue weighted by Crippen LogP contribution is -2.23. The molecule has 0 saturated heterocycles. The van der Waals surface area contributed by atoms with Gasteiger partial charge in [-0.1, -0.05) is 53.5 Å². The molecule has 0 aliphatic carbocycles. The highest BCUT2D eigenvalue weighted by Gasteiger charge is 2.19. The second kappa shape index (κ2) is 10.2. The molecule has 0 heterocycles. The van der Waals surface area contributed by atoms with Crippen molar-refractivity contribution >= 4 is 44.8 Å². The fourth-order valence-corrected chi connectivity index (χ4v) is 4.71. The van der Waals surface area contributed by atoms with Crippen LogP contribution in [0.2, 0.25) is 10.0 Å². The zero-order valence-electron chi connectivity index (χ0n) is 16.6. The molecule has 3 aromatic rings. The summed E-state index contributed by atoms with van der Waals surface area (Å²) in [4.78, 5) is 12.4. The number of hydrogen-bond acceptors (Lipinski definition) is 4. The molecule has 6 nitrogen and oxygen atoms in total. The highest BCUT2D eigenvalue weighted by molar-refractivity contribution is 7.92. The fraction of sp³-hybridized carbons (Fsp3) is 0.136. The lowest BCUT2D eigenvalue weighted by atomic mass is 10.1. The van der Waals surface area contributed by atoms with Crippen LogP contribution in [-0.4, -0.2) is 21.4 Å². The molecule has 1 amide bonds. The number of halogens is 2. The summed E-state index contributed by atoms with van der Waals surface area (Å²) in [6.07, 6.45) is 0. The number of carbonyl (C=O) groups excluding carboxylic acids is 1. The number of nitrogens with one attached hydrogen (secondary N) is 2. The topological polar surface area (TPSA) is 84.5 Å². The van der Waals surface area contributed by atoms with Crippen molar-refractivity contribution in [3.63, 3.8) is 0 Å². The minimum Gasteiger partial charge on any atom is -0.380 e. The average Bonchev–Trinajstić information content (AvgIpc) is 2.74. The van der Waals surface area contributed by atoms with Gasteiger partial charge in [0.05, 0.1) is 11.6 Å². The van der Waals surface area contributed by atoms with Crippen molar-refractivity contribution in [1.82, 2.24) is 5.32 Å². The minimum atomic E-state index is -3.98. The molecule has 0 aromatic heterocycles. The maximum atomic E-state index is 12.7. The molecule has 0 aliphatic heterocycles. The number of rotatable bonds is 8. The summed E-state index contributed by atoms with van der Waals surface area (Å²) >= 11 is 11.9. The summed E-state index contributed by atoms with van der Waals surface area (Å²) in [5, 5.41) is 3.11. The Hall–Kier alpha value is -2.58. The van der Waals surface area contributed by atoms with Gasteiger partial charge in [0.2, 0.25) is 0 Å². The Morgan fingerprint density at radius 2 is 1.71 bits per heavy atom. The Morgan fingerprint density at radius 3 is 2.48 bits per heavy atom. The zero-order valence-corrected chi connectivity index (χ0v) is 18.9. The normalized spacial score (nSPS) is 11.2. The predicted octanol–water partition coefficient (Wildman–Crippen LogP) is 4.87. The molecule has 3 rings (SSSR count). The van der Waals surface area contributed by atoms with Crippen LogP contribution in [0.3, 0.4) is 0 Å². The number of carbonyl (C=O) groups is 1. The number of ether oxygens (including phenoxy) is 1. The molecular formula is C22H20Cl2N2O4S. The monoisotopic (exact) mass is 478 g/mol. The second-order valence-corrected chi connectivity index (χ2v) is 9.19. The van der Waals surface area contributed by atoms with Gasteiger partial charge in [-0.3, -0.25) is 9.52 Å². The molecule has 0 fully saturated rings. The molecule has 0 bridgehead atoms. The zero-order chi connectivity index (χ0) is 22.4. The minimum absolute atomic E-state index is 0.0431. The van der Waals surface area contributed by atoms with Gasteiger partial charge in [0, 0.05) is 29.9 Å². The third-order valence-electron chi connectivity index (χ3n) is 4.32. The third-order valence-corrected chi connectivity index (χ3v) is 6.41. The SMILES string of the molecule is COCc1cccc(CNC(=O)c2cccc(NS(=O)(=O)c3cc(Cl)ccc3Cl)c2)c1. The van der Waals surface area contributed by atoms with Crippen LogP contribution in [0.15, 0.2) is 71.6 Å². The summed E-state index contributed by atoms with van der Waals surface area (Å²) in [6, 6.07) is 18.0. The molecule has 0 radical (unpaired) electrons. The Morgan fingerprint density at radius 1 is 0.968 bits per heavy atom. The highest BCUT2D eigenvalue weighted by Crippen LogP contribution is 2.27. The second-order valence-electron chi connectivity index (χ2n) is 6.70. The van der Waals surface area contributed by atoms with Gasteiger partial charge in [-0.15, -0.1) is 0 Å². The first-order valence-corrected chi connectivity index (χ1v) is 11.5. The van der Waals surface area contributed by atoms with Crippen LogP contribution in [0.5, 0.6) is 0 Å². The van der Waals surface area contributed by atoms with E-state index >= 15 is 0 Å². The van der Waals surface area contributed by atoms with E-state index in [-0.39, 0.29) is 26.5 Å². The molecule has 31 heavy (non-hydrogen) atoms. The molecule has 162 valence electrons. The molecule has 3 aromatic carbocycles. The van der Waals surface area contributed by atoms with Crippen molar-refractivity contribution in [2.24, 2.45) is 0 Å². The van der Waals surface area contributed by atoms with E-state index in [1.165, 1.54) is 24.3 Å². The maximum absolute atomic E-state index is 12.7. The van der Waals surface area contributed by atoms with Crippen LogP contribution >= 0.6 is 23.2 Å². The van der Waals surface area contributed by atoms with Gasteiger partial charge in [-0.2, -0.15) is 0 Å². The van der Waals surface area contributed by atoms with E-state index in [0.717, 1.165) is 11.1 Å². The summed E-state index contributed by atoms with van der Waals surface area (Å²) in [7, 11) is -2.36. The first kappa shape index (κ1) is 23.1. The molecule has 0 unspecified atom stereocenters. The number of anilines is 1. The summed E-state index contributed by atoms with van der Waals surface area (Å²) in [5.74, 6) is -0.334. The summed E-state index contributed by atoms with van der Waals surface area (Å²) in [5.41, 5.74) is 2.47. The molecular weight excluding hydrogens is 459 g/mol. The van der Waals surface area contributed by atoms with E-state index in [9.17, 15) is 13.2 Å². The number of hydrogen-bond donors (Lipinski definition) is 2. The van der Waals surface area contributed by atoms with Crippen molar-refractivity contribution in [3.05, 3.63) is 93.5 Å². The van der Waals surface area contributed by atoms with Crippen LogP contribution in [0.4, 0.5) is 5.69 Å². The standard InChI is InChI=1S/C22H20Cl2N2O4S/c1-30-14-16-5-2-4-15(10-16)13-25-22(27)17-6-3-7-19(11-17)26-31(28,29)21-12-18(23)8-9-20(21)24/h2-12,26H,13-14H2,1H3,(H,25,27). The number of benzene rings is 3. The predicted molar refractivity (Wildman–Crippen MR) is 122 cm³/mol. The van der Waals surface area contributed by atoms with E-state index in [2.05, 4.69) is 10.0 Å². The molecule has 2 N–H and O–H groups in total. The van der Waals surface area contributed by atoms with Gasteiger partial charge in [0.1, 0.15) is 4.90 Å². The van der Waals surface area contributed by atoms with Gasteiger partial charge in [-0.25, -0.2) is 8.42 Å². The molecule has 0 saturated carbocycles. The maximum Gasteiger partial charge on any atom is 0.263 e. The molecule has 0 spiro atoms. The fourth-order valence-electron chi connectivity index (χ4n) is 2.90. The highest BCUT2D eigenvalue weighted by atomic mass is 35.5. The van der Waals surface area contributed by atoms with E-state index in [4.69, 9.17) is 27.9 Å². The largest absolute Gasteiger partial charge is 0.380 e. The Kier molecular flexibility index (Phi) is 7.56. The van der Waals surface area contributed by atoms with E-state index < -0.39 is 10.0 Å². The summed E-state index contributed by atoms with van der Waals surface area (Å²) in [6.45, 7) is 0.811. The molecule has 0 aliphatic rings. The van der Waals surface area contributed by atoms with Crippen LogP contribution in [0.25, 0.3) is 0 Å². The molecule has 9 heteroatoms. The number of sulfonamides is 1. The van der Waals surface area contributed by atoms with Gasteiger partial charge >= 0.3 is 0 Å². The van der Waals surface area contributed by atoms with E-state index in [1.807, 2.05) is 24.3 Å². The Labute approximate surface area is 191 Å². The summed E-state index contributed by atoms with van der Waals surface area (Å²) < 4.78 is 32.9. The van der Waals surface area contributed by atoms with Crippen LogP contribution in [0.1, 0.15) is 21.5 Å². The Bertz CT molecular complexity index is 1200. The van der Waals surface area contributed by atoms with Crippen LogP contribution in [0, 0.1) is 0 Å². The number of amides is 1. The molecule has 0 atom stereocenters. The van der Waals surface area contributed by atoms with Gasteiger partial charge in [0.15, 0.2) is 0 Å². The first-order chi connectivity index (χ1) is 14.8. The van der Waals surface area contributed by atoms with Crippen molar-refractivity contribution in [2.45, 2.75) is 18.0 Å². The van der Waals surface area contributed by atoms with Gasteiger partial charge in [-0.05, 0) is 47.5 Å². The lowest BCUT2D eigenvalue weighted by molar-refractivity contribution is 0.0951.